The second-order valence-electron chi connectivity index (χ2n) is 9.69. The second kappa shape index (κ2) is 9.41. The lowest BCUT2D eigenvalue weighted by Gasteiger charge is -2.48. The van der Waals surface area contributed by atoms with Gasteiger partial charge in [0.25, 0.3) is 5.85 Å². The maximum Gasteiger partial charge on any atom is 0.371 e. The molecule has 2 heterocycles. The Bertz CT molecular complexity index is 564. The third kappa shape index (κ3) is 5.19. The average Bonchev–Trinajstić information content (AvgIpc) is 3.37. The van der Waals surface area contributed by atoms with Crippen LogP contribution in [0.4, 0.5) is 0 Å². The van der Waals surface area contributed by atoms with Crippen LogP contribution in [-0.2, 0) is 23.8 Å². The number of rotatable bonds is 7. The lowest BCUT2D eigenvalue weighted by Crippen LogP contribution is -2.68. The van der Waals surface area contributed by atoms with Crippen molar-refractivity contribution < 1.29 is 23.8 Å². The Kier molecular flexibility index (Phi) is 7.36. The van der Waals surface area contributed by atoms with Crippen LogP contribution in [0.15, 0.2) is 0 Å². The van der Waals surface area contributed by atoms with Crippen LogP contribution in [0.25, 0.3) is 0 Å². The Morgan fingerprint density at radius 1 is 0.931 bits per heavy atom. The molecule has 3 fully saturated rings. The number of hydrogen-bond donors (Lipinski definition) is 0. The summed E-state index contributed by atoms with van der Waals surface area (Å²) in [5, 5.41) is 0. The molecule has 2 atom stereocenters. The first-order valence-corrected chi connectivity index (χ1v) is 11.2. The Hall–Kier alpha value is -1.02. The Balaban J connectivity index is 1.90. The highest BCUT2D eigenvalue weighted by Gasteiger charge is 2.56. The Labute approximate surface area is 175 Å². The van der Waals surface area contributed by atoms with E-state index in [-0.39, 0.29) is 24.1 Å². The number of likely N-dealkylation sites (tertiary alicyclic amines) is 2. The molecule has 166 valence electrons. The van der Waals surface area contributed by atoms with Crippen LogP contribution in [0, 0.1) is 5.92 Å². The minimum absolute atomic E-state index is 0.0547. The summed E-state index contributed by atoms with van der Waals surface area (Å²) < 4.78 is 18.3. The number of methoxy groups -OCH3 is 1. The van der Waals surface area contributed by atoms with E-state index in [9.17, 15) is 9.59 Å². The summed E-state index contributed by atoms with van der Waals surface area (Å²) in [6, 6.07) is 0. The molecule has 3 aliphatic rings. The van der Waals surface area contributed by atoms with Gasteiger partial charge < -0.3 is 19.0 Å². The number of carbonyl (C=O) groups excluding carboxylic acids is 2. The molecule has 0 aromatic rings. The number of hydrogen-bond acceptors (Lipinski definition) is 7. The molecular weight excluding hydrogens is 372 g/mol. The number of ether oxygens (including phenoxy) is 3. The topological polar surface area (TPSA) is 68.3 Å². The van der Waals surface area contributed by atoms with Crippen molar-refractivity contribution in [2.45, 2.75) is 89.4 Å². The monoisotopic (exact) mass is 410 g/mol. The van der Waals surface area contributed by atoms with Gasteiger partial charge in [0.15, 0.2) is 0 Å². The highest BCUT2D eigenvalue weighted by molar-refractivity contribution is 5.79. The molecule has 7 nitrogen and oxygen atoms in total. The largest absolute Gasteiger partial charge is 0.456 e. The van der Waals surface area contributed by atoms with E-state index in [1.165, 1.54) is 0 Å². The van der Waals surface area contributed by atoms with E-state index in [0.717, 1.165) is 70.9 Å². The van der Waals surface area contributed by atoms with Crippen LogP contribution in [-0.4, -0.2) is 79.0 Å². The van der Waals surface area contributed by atoms with Gasteiger partial charge in [-0.15, -0.1) is 0 Å². The van der Waals surface area contributed by atoms with Crippen molar-refractivity contribution in [2.75, 3.05) is 33.3 Å². The average molecular weight is 411 g/mol. The zero-order valence-electron chi connectivity index (χ0n) is 18.5. The second-order valence-corrected chi connectivity index (χ2v) is 9.69. The molecule has 0 spiro atoms. The molecule has 2 saturated heterocycles. The van der Waals surface area contributed by atoms with E-state index in [1.54, 1.807) is 7.11 Å². The summed E-state index contributed by atoms with van der Waals surface area (Å²) in [6.45, 7) is 8.71. The van der Waals surface area contributed by atoms with Crippen LogP contribution in [0.1, 0.15) is 65.7 Å². The number of carbonyl (C=O) groups is 2. The van der Waals surface area contributed by atoms with Gasteiger partial charge >= 0.3 is 5.97 Å². The standard InChI is InChI=1S/C22H38N2O5/c1-21(2,3)29-20(26)22(23-12-5-6-13-23,24-14-11-19(15-24)27-4)28-18-9-7-17(16-25)8-10-18/h16-19H,5-15H2,1-4H3/t17?,18?,19-,22?/m0/s1. The molecule has 1 unspecified atom stereocenters. The summed E-state index contributed by atoms with van der Waals surface area (Å²) in [5.74, 6) is -1.42. The Morgan fingerprint density at radius 2 is 1.59 bits per heavy atom. The van der Waals surface area contributed by atoms with Gasteiger partial charge in [-0.2, -0.15) is 0 Å². The lowest BCUT2D eigenvalue weighted by atomic mass is 9.88. The molecule has 29 heavy (non-hydrogen) atoms. The molecule has 2 aliphatic heterocycles. The maximum absolute atomic E-state index is 13.7. The van der Waals surface area contributed by atoms with Crippen LogP contribution >= 0.6 is 0 Å². The Morgan fingerprint density at radius 3 is 2.10 bits per heavy atom. The predicted octanol–water partition coefficient (Wildman–Crippen LogP) is 2.57. The van der Waals surface area contributed by atoms with Crippen molar-refractivity contribution in [1.29, 1.82) is 0 Å². The van der Waals surface area contributed by atoms with Gasteiger partial charge in [0.2, 0.25) is 0 Å². The van der Waals surface area contributed by atoms with Gasteiger partial charge in [0, 0.05) is 39.2 Å². The first-order chi connectivity index (χ1) is 13.8. The van der Waals surface area contributed by atoms with Gasteiger partial charge in [-0.05, 0) is 65.7 Å². The van der Waals surface area contributed by atoms with E-state index >= 15 is 0 Å². The molecule has 0 aromatic carbocycles. The maximum atomic E-state index is 13.7. The molecule has 3 rings (SSSR count). The zero-order chi connectivity index (χ0) is 21.1. The van der Waals surface area contributed by atoms with Gasteiger partial charge in [-0.25, -0.2) is 4.79 Å². The molecule has 0 radical (unpaired) electrons. The van der Waals surface area contributed by atoms with Crippen molar-refractivity contribution in [3.63, 3.8) is 0 Å². The normalized spacial score (nSPS) is 31.5. The quantitative estimate of drug-likeness (QED) is 0.472. The van der Waals surface area contributed by atoms with Crippen molar-refractivity contribution in [2.24, 2.45) is 5.92 Å². The third-order valence-electron chi connectivity index (χ3n) is 6.35. The summed E-state index contributed by atoms with van der Waals surface area (Å²) in [7, 11) is 1.72. The zero-order valence-corrected chi connectivity index (χ0v) is 18.5. The summed E-state index contributed by atoms with van der Waals surface area (Å²) in [5.41, 5.74) is -0.596. The summed E-state index contributed by atoms with van der Waals surface area (Å²) >= 11 is 0. The molecule has 7 heteroatoms. The molecule has 1 aliphatic carbocycles. The van der Waals surface area contributed by atoms with E-state index < -0.39 is 11.4 Å². The number of aldehydes is 1. The SMILES string of the molecule is CO[C@H]1CCN(C(OC2CCC(C=O)CC2)(C(=O)OC(C)(C)C)N2CCCC2)C1. The number of nitrogens with zero attached hydrogens (tertiary/aromatic N) is 2. The third-order valence-corrected chi connectivity index (χ3v) is 6.35. The van der Waals surface area contributed by atoms with Crippen LogP contribution < -0.4 is 0 Å². The molecule has 1 saturated carbocycles. The van der Waals surface area contributed by atoms with Crippen molar-refractivity contribution in [1.82, 2.24) is 9.80 Å². The lowest BCUT2D eigenvalue weighted by molar-refractivity contribution is -0.274. The first kappa shape index (κ1) is 22.7. The first-order valence-electron chi connectivity index (χ1n) is 11.2. The fraction of sp³-hybridized carbons (Fsp3) is 0.909. The minimum atomic E-state index is -1.21. The van der Waals surface area contributed by atoms with Gasteiger partial charge in [0.1, 0.15) is 11.9 Å². The number of esters is 1. The summed E-state index contributed by atoms with van der Waals surface area (Å²) in [6.07, 6.45) is 7.29. The highest BCUT2D eigenvalue weighted by atomic mass is 16.6. The molecule has 0 amide bonds. The van der Waals surface area contributed by atoms with Gasteiger partial charge in [-0.3, -0.25) is 9.80 Å². The van der Waals surface area contributed by atoms with E-state index in [2.05, 4.69) is 9.80 Å². The smallest absolute Gasteiger partial charge is 0.371 e. The van der Waals surface area contributed by atoms with E-state index in [1.807, 2.05) is 20.8 Å². The highest BCUT2D eigenvalue weighted by Crippen LogP contribution is 2.37. The van der Waals surface area contributed by atoms with Gasteiger partial charge in [-0.1, -0.05) is 0 Å². The minimum Gasteiger partial charge on any atom is -0.456 e. The van der Waals surface area contributed by atoms with E-state index in [4.69, 9.17) is 14.2 Å². The molecule has 0 aromatic heterocycles. The van der Waals surface area contributed by atoms with Gasteiger partial charge in [0.05, 0.1) is 12.2 Å². The molecule has 0 bridgehead atoms. The van der Waals surface area contributed by atoms with Crippen LogP contribution in [0.5, 0.6) is 0 Å². The summed E-state index contributed by atoms with van der Waals surface area (Å²) in [4.78, 5) is 29.2. The van der Waals surface area contributed by atoms with Crippen molar-refractivity contribution in [3.8, 4) is 0 Å². The van der Waals surface area contributed by atoms with Crippen LogP contribution in [0.2, 0.25) is 0 Å². The van der Waals surface area contributed by atoms with E-state index in [0.29, 0.717) is 6.54 Å². The predicted molar refractivity (Wildman–Crippen MR) is 109 cm³/mol. The molecule has 0 N–H and O–H groups in total. The van der Waals surface area contributed by atoms with Crippen molar-refractivity contribution >= 4 is 12.3 Å². The van der Waals surface area contributed by atoms with Crippen molar-refractivity contribution in [3.05, 3.63) is 0 Å². The van der Waals surface area contributed by atoms with Crippen LogP contribution in [0.3, 0.4) is 0 Å². The molecular formula is C22H38N2O5. The fourth-order valence-corrected chi connectivity index (χ4v) is 4.79. The fourth-order valence-electron chi connectivity index (χ4n) is 4.79.